The SMILES string of the molecule is C#C[C@@H]1C[C@@H]2C[C@@H]2N1C(C)(C)C.CC(C)(C)N1CC(F)(F)C[C@H]1C#N.CC(C)(C)N1CCC[C@H]1C#N.CC(C)(C)N1CSC[C@H]1C#N.CC(C)(C)N1C[C@@H](F)C[C@H]1C#N. The highest BCUT2D eigenvalue weighted by atomic mass is 32.2. The van der Waals surface area contributed by atoms with Gasteiger partial charge in [-0.05, 0) is 135 Å². The van der Waals surface area contributed by atoms with Gasteiger partial charge >= 0.3 is 0 Å². The van der Waals surface area contributed by atoms with E-state index in [0.29, 0.717) is 19.0 Å². The van der Waals surface area contributed by atoms with E-state index in [1.165, 1.54) is 19.3 Å². The van der Waals surface area contributed by atoms with Crippen LogP contribution in [0.4, 0.5) is 13.2 Å². The van der Waals surface area contributed by atoms with Crippen molar-refractivity contribution in [1.82, 2.24) is 24.5 Å². The summed E-state index contributed by atoms with van der Waals surface area (Å²) < 4.78 is 38.9. The number of halogens is 3. The monoisotopic (exact) mass is 844 g/mol. The van der Waals surface area contributed by atoms with Gasteiger partial charge in [-0.15, -0.1) is 18.2 Å². The minimum Gasteiger partial charge on any atom is -0.283 e. The number of hydrogen-bond donors (Lipinski definition) is 0. The predicted octanol–water partition coefficient (Wildman–Crippen LogP) is 9.08. The summed E-state index contributed by atoms with van der Waals surface area (Å²) in [5, 5.41) is 35.1. The predicted molar refractivity (Wildman–Crippen MR) is 235 cm³/mol. The van der Waals surface area contributed by atoms with E-state index in [0.717, 1.165) is 36.6 Å². The molecule has 5 aliphatic heterocycles. The summed E-state index contributed by atoms with van der Waals surface area (Å²) in [6.45, 7) is 32.5. The number of piperidine rings is 1. The van der Waals surface area contributed by atoms with Crippen LogP contribution in [0.1, 0.15) is 142 Å². The average Bonchev–Trinajstić information content (AvgIpc) is 3.71. The van der Waals surface area contributed by atoms with Crippen molar-refractivity contribution < 1.29 is 13.2 Å². The van der Waals surface area contributed by atoms with E-state index in [4.69, 9.17) is 27.5 Å². The van der Waals surface area contributed by atoms with Crippen LogP contribution >= 0.6 is 11.8 Å². The van der Waals surface area contributed by atoms with Crippen molar-refractivity contribution in [3.05, 3.63) is 0 Å². The molecule has 6 aliphatic rings. The van der Waals surface area contributed by atoms with Gasteiger partial charge in [0.25, 0.3) is 5.92 Å². The van der Waals surface area contributed by atoms with Gasteiger partial charge < -0.3 is 0 Å². The van der Waals surface area contributed by atoms with Crippen molar-refractivity contribution in [1.29, 1.82) is 21.0 Å². The van der Waals surface area contributed by atoms with Crippen molar-refractivity contribution in [2.24, 2.45) is 5.92 Å². The molecule has 59 heavy (non-hydrogen) atoms. The van der Waals surface area contributed by atoms with Crippen molar-refractivity contribution in [2.45, 2.75) is 218 Å². The molecule has 8 atom stereocenters. The van der Waals surface area contributed by atoms with Crippen LogP contribution in [-0.4, -0.2) is 132 Å². The van der Waals surface area contributed by atoms with Crippen LogP contribution in [0.2, 0.25) is 0 Å². The lowest BCUT2D eigenvalue weighted by molar-refractivity contribution is 0.00155. The minimum atomic E-state index is -2.70. The zero-order valence-electron chi connectivity index (χ0n) is 39.0. The van der Waals surface area contributed by atoms with E-state index in [1.54, 1.807) is 4.90 Å². The molecule has 6 rings (SSSR count). The molecule has 1 saturated carbocycles. The molecule has 0 amide bonds. The standard InChI is InChI=1S/C11H17N.C9H14F2N2.C9H15FN2.C9H16N2.C8H14N2S/c1-5-9-6-8-7-10(8)12(9)11(2,3)4;1-8(2,3)13-6-9(10,11)4-7(13)5-12;1-9(2,3)12-6-7(10)4-8(12)5-11;1-9(2,3)11-6-4-5-8(11)7-10;1-8(2,3)10-6-11-5-7(10)4-9/h1,8-10H,6-7H2,2-4H3;7H,4,6H2,1-3H3;7-8H,4,6H2,1-3H3;8H,4-6H2,1-3H3;7H,5-6H2,1-3H3/t8-,9-,10+;7-;7-,8-;8-;7-/m10001/s1. The largest absolute Gasteiger partial charge is 0.283 e. The summed E-state index contributed by atoms with van der Waals surface area (Å²) in [6.07, 6.45) is 9.57. The van der Waals surface area contributed by atoms with Gasteiger partial charge in [0.05, 0.1) is 42.9 Å². The molecule has 1 aliphatic carbocycles. The summed E-state index contributed by atoms with van der Waals surface area (Å²) >= 11 is 1.85. The van der Waals surface area contributed by atoms with Crippen LogP contribution in [0.15, 0.2) is 0 Å². The molecule has 0 spiro atoms. The van der Waals surface area contributed by atoms with Gasteiger partial charge in [-0.1, -0.05) is 5.92 Å². The first kappa shape index (κ1) is 52.6. The molecule has 13 heteroatoms. The molecule has 5 saturated heterocycles. The average molecular weight is 844 g/mol. The minimum absolute atomic E-state index is 0.0960. The topological polar surface area (TPSA) is 111 Å². The summed E-state index contributed by atoms with van der Waals surface area (Å²) in [7, 11) is 0. The maximum absolute atomic E-state index is 13.0. The molecule has 0 N–H and O–H groups in total. The maximum atomic E-state index is 13.0. The Kier molecular flexibility index (Phi) is 18.3. The molecule has 9 nitrogen and oxygen atoms in total. The molecule has 332 valence electrons. The van der Waals surface area contributed by atoms with Crippen molar-refractivity contribution in [3.63, 3.8) is 0 Å². The highest BCUT2D eigenvalue weighted by Gasteiger charge is 2.54. The zero-order valence-corrected chi connectivity index (χ0v) is 39.9. The quantitative estimate of drug-likeness (QED) is 0.219. The highest BCUT2D eigenvalue weighted by Crippen LogP contribution is 2.50. The van der Waals surface area contributed by atoms with Crippen LogP contribution < -0.4 is 0 Å². The van der Waals surface area contributed by atoms with Crippen molar-refractivity contribution >= 4 is 11.8 Å². The lowest BCUT2D eigenvalue weighted by atomic mass is 10.0. The molecule has 6 fully saturated rings. The Labute approximate surface area is 361 Å². The smallest absolute Gasteiger partial charge is 0.263 e. The summed E-state index contributed by atoms with van der Waals surface area (Å²) in [5.41, 5.74) is 0.106. The maximum Gasteiger partial charge on any atom is 0.263 e. The number of fused-ring (bicyclic) bond motifs is 1. The summed E-state index contributed by atoms with van der Waals surface area (Å²) in [5.74, 6) is 3.10. The molecule has 0 aromatic carbocycles. The van der Waals surface area contributed by atoms with Gasteiger partial charge in [0, 0.05) is 71.3 Å². The van der Waals surface area contributed by atoms with E-state index >= 15 is 0 Å². The van der Waals surface area contributed by atoms with E-state index in [9.17, 15) is 13.2 Å². The van der Waals surface area contributed by atoms with E-state index in [1.807, 2.05) is 64.3 Å². The third-order valence-corrected chi connectivity index (χ3v) is 12.8. The number of hydrogen-bond acceptors (Lipinski definition) is 10. The number of nitriles is 4. The highest BCUT2D eigenvalue weighted by molar-refractivity contribution is 7.99. The number of rotatable bonds is 0. The van der Waals surface area contributed by atoms with Gasteiger partial charge in [0.15, 0.2) is 0 Å². The van der Waals surface area contributed by atoms with Crippen LogP contribution in [0.5, 0.6) is 0 Å². The van der Waals surface area contributed by atoms with Gasteiger partial charge in [0.1, 0.15) is 24.3 Å². The molecular weight excluding hydrogens is 768 g/mol. The second-order valence-corrected chi connectivity index (χ2v) is 22.8. The van der Waals surface area contributed by atoms with Crippen molar-refractivity contribution in [2.75, 3.05) is 31.3 Å². The number of likely N-dealkylation sites (tertiary alicyclic amines) is 4. The summed E-state index contributed by atoms with van der Waals surface area (Å²) in [4.78, 5) is 10.5. The van der Waals surface area contributed by atoms with Crippen LogP contribution in [0.25, 0.3) is 0 Å². The van der Waals surface area contributed by atoms with Gasteiger partial charge in [-0.3, -0.25) is 24.5 Å². The molecule has 0 unspecified atom stereocenters. The number of thioether (sulfide) groups is 1. The van der Waals surface area contributed by atoms with Crippen LogP contribution in [0.3, 0.4) is 0 Å². The Morgan fingerprint density at radius 3 is 1.47 bits per heavy atom. The fourth-order valence-electron chi connectivity index (χ4n) is 8.77. The molecule has 5 heterocycles. The van der Waals surface area contributed by atoms with E-state index in [-0.39, 0.29) is 58.8 Å². The zero-order chi connectivity index (χ0) is 45.5. The number of terminal acetylenes is 1. The fourth-order valence-corrected chi connectivity index (χ4v) is 10.1. The van der Waals surface area contributed by atoms with Gasteiger partial charge in [0.2, 0.25) is 0 Å². The Morgan fingerprint density at radius 1 is 0.610 bits per heavy atom. The van der Waals surface area contributed by atoms with E-state index in [2.05, 4.69) is 101 Å². The molecule has 0 bridgehead atoms. The van der Waals surface area contributed by atoms with Crippen molar-refractivity contribution in [3.8, 4) is 36.6 Å². The van der Waals surface area contributed by atoms with Gasteiger partial charge in [-0.25, -0.2) is 13.2 Å². The van der Waals surface area contributed by atoms with Crippen LogP contribution in [-0.2, 0) is 0 Å². The fraction of sp³-hybridized carbons (Fsp3) is 0.870. The number of alkyl halides is 3. The number of nitrogens with zero attached hydrogens (tertiary/aromatic N) is 9. The van der Waals surface area contributed by atoms with Crippen LogP contribution in [0, 0.1) is 63.6 Å². The molecular formula is C46H76F3N9S. The third-order valence-electron chi connectivity index (χ3n) is 11.8. The first-order valence-electron chi connectivity index (χ1n) is 21.4. The Hall–Kier alpha value is -2.54. The first-order chi connectivity index (χ1) is 26.9. The third kappa shape index (κ3) is 15.4. The van der Waals surface area contributed by atoms with Gasteiger partial charge in [-0.2, -0.15) is 21.0 Å². The first-order valence-corrected chi connectivity index (χ1v) is 22.5. The second kappa shape index (κ2) is 20.6. The van der Waals surface area contributed by atoms with E-state index < -0.39 is 18.1 Å². The Morgan fingerprint density at radius 2 is 1.12 bits per heavy atom. The Bertz CT molecular complexity index is 1510. The Balaban J connectivity index is 0.000000255. The molecule has 0 aromatic heterocycles. The molecule has 0 aromatic rings. The summed E-state index contributed by atoms with van der Waals surface area (Å²) in [6, 6.07) is 9.36. The second-order valence-electron chi connectivity index (χ2n) is 21.8. The lowest BCUT2D eigenvalue weighted by Crippen LogP contribution is -2.46. The molecule has 0 radical (unpaired) electrons. The normalized spacial score (nSPS) is 31.1. The lowest BCUT2D eigenvalue weighted by Gasteiger charge is -2.36.